The van der Waals surface area contributed by atoms with Crippen molar-refractivity contribution in [2.45, 2.75) is 13.0 Å². The van der Waals surface area contributed by atoms with Gasteiger partial charge >= 0.3 is 0 Å². The van der Waals surface area contributed by atoms with Gasteiger partial charge in [0.25, 0.3) is 0 Å². The van der Waals surface area contributed by atoms with Crippen LogP contribution < -0.4 is 5.73 Å². The first-order valence-electron chi connectivity index (χ1n) is 4.94. The monoisotopic (exact) mass is 361 g/mol. The topological polar surface area (TPSA) is 43.8 Å². The summed E-state index contributed by atoms with van der Waals surface area (Å²) in [5.74, 6) is 0.206. The molecule has 1 aromatic carbocycles. The molecule has 6 heteroatoms. The molecule has 0 aliphatic heterocycles. The van der Waals surface area contributed by atoms with Gasteiger partial charge in [0.05, 0.1) is 16.7 Å². The Bertz CT molecular complexity index is 554. The molecule has 0 spiro atoms. The van der Waals surface area contributed by atoms with Crippen LogP contribution in [0.1, 0.15) is 18.5 Å². The van der Waals surface area contributed by atoms with Gasteiger partial charge in [0, 0.05) is 10.0 Å². The van der Waals surface area contributed by atoms with Crippen LogP contribution in [0.4, 0.5) is 10.2 Å². The number of benzene rings is 1. The summed E-state index contributed by atoms with van der Waals surface area (Å²) in [6, 6.07) is 4.69. The average Bonchev–Trinajstić information content (AvgIpc) is 2.59. The number of rotatable bonds is 2. The van der Waals surface area contributed by atoms with E-state index >= 15 is 0 Å². The molecule has 0 amide bonds. The summed E-state index contributed by atoms with van der Waals surface area (Å²) in [5, 5.41) is 4.12. The summed E-state index contributed by atoms with van der Waals surface area (Å²) in [7, 11) is 0. The van der Waals surface area contributed by atoms with Gasteiger partial charge in [-0.3, -0.25) is 0 Å². The van der Waals surface area contributed by atoms with Gasteiger partial charge in [-0.2, -0.15) is 5.10 Å². The molecule has 1 heterocycles. The van der Waals surface area contributed by atoms with E-state index in [1.807, 2.05) is 6.92 Å². The number of nitrogen functional groups attached to an aromatic ring is 1. The van der Waals surface area contributed by atoms with Gasteiger partial charge in [-0.25, -0.2) is 9.07 Å². The van der Waals surface area contributed by atoms with Crippen molar-refractivity contribution in [3.05, 3.63) is 44.7 Å². The molecule has 0 aliphatic carbocycles. The minimum Gasteiger partial charge on any atom is -0.383 e. The molecule has 0 saturated carbocycles. The zero-order valence-corrected chi connectivity index (χ0v) is 12.2. The molecule has 1 atom stereocenters. The first-order valence-corrected chi connectivity index (χ1v) is 6.52. The second-order valence-electron chi connectivity index (χ2n) is 3.66. The Hall–Kier alpha value is -0.880. The lowest BCUT2D eigenvalue weighted by atomic mass is 10.1. The number of halogens is 3. The molecule has 2 rings (SSSR count). The molecule has 1 aromatic heterocycles. The van der Waals surface area contributed by atoms with E-state index in [1.165, 1.54) is 6.07 Å². The van der Waals surface area contributed by atoms with Crippen LogP contribution in [0.25, 0.3) is 0 Å². The van der Waals surface area contributed by atoms with Crippen LogP contribution in [-0.2, 0) is 0 Å². The van der Waals surface area contributed by atoms with Crippen molar-refractivity contribution >= 4 is 37.7 Å². The van der Waals surface area contributed by atoms with Crippen LogP contribution in [0, 0.1) is 5.82 Å². The summed E-state index contributed by atoms with van der Waals surface area (Å²) in [6.45, 7) is 1.85. The molecule has 0 fully saturated rings. The molecule has 0 radical (unpaired) electrons. The van der Waals surface area contributed by atoms with Crippen LogP contribution in [0.5, 0.6) is 0 Å². The van der Waals surface area contributed by atoms with E-state index in [-0.39, 0.29) is 11.9 Å². The Morgan fingerprint density at radius 2 is 2.12 bits per heavy atom. The van der Waals surface area contributed by atoms with E-state index < -0.39 is 0 Å². The SMILES string of the molecule is CC(c1ccc(Br)cc1F)n1ncc(Br)c1N. The third kappa shape index (κ3) is 2.37. The Kier molecular flexibility index (Phi) is 3.53. The van der Waals surface area contributed by atoms with Crippen LogP contribution in [0.15, 0.2) is 33.3 Å². The van der Waals surface area contributed by atoms with E-state index in [0.717, 1.165) is 0 Å². The maximum absolute atomic E-state index is 13.8. The summed E-state index contributed by atoms with van der Waals surface area (Å²) in [6.07, 6.45) is 1.60. The normalized spacial score (nSPS) is 12.7. The van der Waals surface area contributed by atoms with Crippen molar-refractivity contribution in [1.82, 2.24) is 9.78 Å². The molecule has 0 aliphatic rings. The van der Waals surface area contributed by atoms with Crippen LogP contribution in [-0.4, -0.2) is 9.78 Å². The highest BCUT2D eigenvalue weighted by Crippen LogP contribution is 2.28. The van der Waals surface area contributed by atoms with E-state index in [1.54, 1.807) is 23.0 Å². The fraction of sp³-hybridized carbons (Fsp3) is 0.182. The highest BCUT2D eigenvalue weighted by molar-refractivity contribution is 9.10. The fourth-order valence-electron chi connectivity index (χ4n) is 1.63. The molecule has 2 aromatic rings. The maximum Gasteiger partial charge on any atom is 0.136 e. The average molecular weight is 363 g/mol. The predicted octanol–water partition coefficient (Wildman–Crippen LogP) is 3.74. The lowest BCUT2D eigenvalue weighted by Gasteiger charge is -2.15. The summed E-state index contributed by atoms with van der Waals surface area (Å²) >= 11 is 6.50. The minimum absolute atomic E-state index is 0.255. The molecule has 90 valence electrons. The van der Waals surface area contributed by atoms with Crippen molar-refractivity contribution in [3.8, 4) is 0 Å². The van der Waals surface area contributed by atoms with Crippen molar-refractivity contribution in [2.75, 3.05) is 5.73 Å². The Morgan fingerprint density at radius 1 is 1.41 bits per heavy atom. The zero-order chi connectivity index (χ0) is 12.6. The second-order valence-corrected chi connectivity index (χ2v) is 5.43. The first kappa shape index (κ1) is 12.6. The molecular formula is C11H10Br2FN3. The molecule has 0 bridgehead atoms. The van der Waals surface area contributed by atoms with Crippen molar-refractivity contribution < 1.29 is 4.39 Å². The summed E-state index contributed by atoms with van der Waals surface area (Å²) in [5.41, 5.74) is 6.39. The number of nitrogens with two attached hydrogens (primary N) is 1. The first-order chi connectivity index (χ1) is 8.00. The van der Waals surface area contributed by atoms with Gasteiger partial charge in [0.1, 0.15) is 11.6 Å². The lowest BCUT2D eigenvalue weighted by Crippen LogP contribution is -2.12. The maximum atomic E-state index is 13.8. The standard InChI is InChI=1S/C11H10Br2FN3/c1-6(17-11(15)9(13)5-16-17)8-3-2-7(12)4-10(8)14/h2-6H,15H2,1H3. The zero-order valence-electron chi connectivity index (χ0n) is 8.99. The summed E-state index contributed by atoms with van der Waals surface area (Å²) in [4.78, 5) is 0. The van der Waals surface area contributed by atoms with Gasteiger partial charge in [0.15, 0.2) is 0 Å². The van der Waals surface area contributed by atoms with Crippen LogP contribution in [0.3, 0.4) is 0 Å². The molecular weight excluding hydrogens is 353 g/mol. The lowest BCUT2D eigenvalue weighted by molar-refractivity contribution is 0.526. The second kappa shape index (κ2) is 4.78. The Morgan fingerprint density at radius 3 is 2.65 bits per heavy atom. The largest absolute Gasteiger partial charge is 0.383 e. The number of nitrogens with zero attached hydrogens (tertiary/aromatic N) is 2. The van der Waals surface area contributed by atoms with E-state index in [0.29, 0.717) is 20.3 Å². The third-order valence-corrected chi connectivity index (χ3v) is 3.67. The third-order valence-electron chi connectivity index (χ3n) is 2.57. The number of aromatic nitrogens is 2. The van der Waals surface area contributed by atoms with Gasteiger partial charge in [-0.05, 0) is 35.0 Å². The van der Waals surface area contributed by atoms with Gasteiger partial charge in [-0.15, -0.1) is 0 Å². The van der Waals surface area contributed by atoms with Gasteiger partial charge in [-0.1, -0.05) is 22.0 Å². The van der Waals surface area contributed by atoms with Gasteiger partial charge in [0.2, 0.25) is 0 Å². The van der Waals surface area contributed by atoms with Crippen molar-refractivity contribution in [1.29, 1.82) is 0 Å². The minimum atomic E-state index is -0.280. The smallest absolute Gasteiger partial charge is 0.136 e. The fourth-order valence-corrected chi connectivity index (χ4v) is 2.24. The van der Waals surface area contributed by atoms with Crippen LogP contribution >= 0.6 is 31.9 Å². The molecule has 0 saturated heterocycles. The van der Waals surface area contributed by atoms with E-state index in [4.69, 9.17) is 5.73 Å². The van der Waals surface area contributed by atoms with E-state index in [2.05, 4.69) is 37.0 Å². The van der Waals surface area contributed by atoms with Crippen LogP contribution in [0.2, 0.25) is 0 Å². The number of anilines is 1. The molecule has 2 N–H and O–H groups in total. The highest BCUT2D eigenvalue weighted by atomic mass is 79.9. The van der Waals surface area contributed by atoms with Gasteiger partial charge < -0.3 is 5.73 Å². The molecule has 3 nitrogen and oxygen atoms in total. The van der Waals surface area contributed by atoms with Crippen molar-refractivity contribution in [2.24, 2.45) is 0 Å². The number of hydrogen-bond donors (Lipinski definition) is 1. The quantitative estimate of drug-likeness (QED) is 0.884. The number of hydrogen-bond acceptors (Lipinski definition) is 2. The Balaban J connectivity index is 2.43. The molecule has 1 unspecified atom stereocenters. The Labute approximate surface area is 115 Å². The highest BCUT2D eigenvalue weighted by Gasteiger charge is 2.17. The van der Waals surface area contributed by atoms with E-state index in [9.17, 15) is 4.39 Å². The summed E-state index contributed by atoms with van der Waals surface area (Å²) < 4.78 is 16.8. The predicted molar refractivity (Wildman–Crippen MR) is 72.3 cm³/mol. The van der Waals surface area contributed by atoms with Crippen molar-refractivity contribution in [3.63, 3.8) is 0 Å². The molecule has 17 heavy (non-hydrogen) atoms.